The van der Waals surface area contributed by atoms with Crippen molar-refractivity contribution in [3.05, 3.63) is 41.5 Å². The summed E-state index contributed by atoms with van der Waals surface area (Å²) in [5.74, 6) is 1.03. The van der Waals surface area contributed by atoms with Crippen LogP contribution in [-0.4, -0.2) is 50.3 Å². The maximum atomic E-state index is 13.6. The molecule has 4 heterocycles. The number of hydrogen-bond acceptors (Lipinski definition) is 4. The summed E-state index contributed by atoms with van der Waals surface area (Å²) in [4.78, 5) is 21.6. The second kappa shape index (κ2) is 5.65. The van der Waals surface area contributed by atoms with E-state index in [1.807, 2.05) is 18.2 Å². The van der Waals surface area contributed by atoms with Gasteiger partial charge in [0.2, 0.25) is 0 Å². The van der Waals surface area contributed by atoms with Crippen molar-refractivity contribution in [2.75, 3.05) is 32.4 Å². The zero-order chi connectivity index (χ0) is 18.1. The summed E-state index contributed by atoms with van der Waals surface area (Å²) in [6.45, 7) is 3.88. The molecule has 1 spiro atoms. The summed E-state index contributed by atoms with van der Waals surface area (Å²) >= 11 is 0. The lowest BCUT2D eigenvalue weighted by Crippen LogP contribution is -2.50. The number of likely N-dealkylation sites (N-methyl/N-ethyl adjacent to an activating group) is 1. The molecule has 4 bridgehead atoms. The molecule has 138 valence electrons. The van der Waals surface area contributed by atoms with E-state index in [0.717, 1.165) is 37.2 Å². The average molecular weight is 354 g/mol. The van der Waals surface area contributed by atoms with E-state index in [-0.39, 0.29) is 12.0 Å². The van der Waals surface area contributed by atoms with Gasteiger partial charge in [-0.2, -0.15) is 5.06 Å². The summed E-state index contributed by atoms with van der Waals surface area (Å²) in [7, 11) is 3.77. The molecule has 0 unspecified atom stereocenters. The average Bonchev–Trinajstić information content (AvgIpc) is 2.77. The van der Waals surface area contributed by atoms with Crippen molar-refractivity contribution in [3.8, 4) is 0 Å². The third-order valence-corrected chi connectivity index (χ3v) is 7.25. The Morgan fingerprint density at radius 1 is 1.35 bits per heavy atom. The van der Waals surface area contributed by atoms with Gasteiger partial charge in [0.1, 0.15) is 5.41 Å². The Morgan fingerprint density at radius 3 is 2.92 bits per heavy atom. The van der Waals surface area contributed by atoms with Gasteiger partial charge in [-0.05, 0) is 44.4 Å². The standard InChI is InChI=1S/C21H26N2O3/c1-4-13-11-22(2)18-10-21(19-9-14(13)15(18)12-26-19)16-7-5-6-8-17(16)23(25-3)20(21)24/h4-8,14-15,18-19H,9-12H2,1-3H3/b13-4+/t14-,15+,18+,19+,21+/m1/s1. The summed E-state index contributed by atoms with van der Waals surface area (Å²) < 4.78 is 6.38. The van der Waals surface area contributed by atoms with Crippen LogP contribution in [0.25, 0.3) is 0 Å². The van der Waals surface area contributed by atoms with Crippen LogP contribution in [0.4, 0.5) is 5.69 Å². The molecule has 4 aliphatic heterocycles. The Labute approximate surface area is 154 Å². The summed E-state index contributed by atoms with van der Waals surface area (Å²) in [5, 5.41) is 1.48. The number of allylic oxidation sites excluding steroid dienone is 1. The van der Waals surface area contributed by atoms with Crippen molar-refractivity contribution in [2.45, 2.75) is 37.3 Å². The highest BCUT2D eigenvalue weighted by atomic mass is 16.7. The number of ether oxygens (including phenoxy) is 1. The number of anilines is 1. The second-order valence-electron chi connectivity index (χ2n) is 8.15. The fraction of sp³-hybridized carbons (Fsp3) is 0.571. The van der Waals surface area contributed by atoms with Gasteiger partial charge in [-0.3, -0.25) is 14.5 Å². The molecule has 1 aromatic carbocycles. The van der Waals surface area contributed by atoms with E-state index in [1.54, 1.807) is 7.11 Å². The Hall–Kier alpha value is -1.69. The van der Waals surface area contributed by atoms with Gasteiger partial charge in [0.05, 0.1) is 25.5 Å². The largest absolute Gasteiger partial charge is 0.376 e. The van der Waals surface area contributed by atoms with E-state index in [9.17, 15) is 4.79 Å². The van der Waals surface area contributed by atoms with Crippen LogP contribution >= 0.6 is 0 Å². The number of fused-ring (bicyclic) bond motifs is 2. The van der Waals surface area contributed by atoms with Crippen LogP contribution in [0.2, 0.25) is 0 Å². The van der Waals surface area contributed by atoms with Crippen LogP contribution in [0.15, 0.2) is 35.9 Å². The number of piperidine rings is 1. The van der Waals surface area contributed by atoms with Gasteiger partial charge in [0, 0.05) is 18.5 Å². The molecule has 5 nitrogen and oxygen atoms in total. The molecule has 6 rings (SSSR count). The third kappa shape index (κ3) is 1.89. The molecule has 5 aliphatic rings. The Morgan fingerprint density at radius 2 is 2.15 bits per heavy atom. The first kappa shape index (κ1) is 16.5. The van der Waals surface area contributed by atoms with Gasteiger partial charge in [0.25, 0.3) is 5.91 Å². The molecule has 26 heavy (non-hydrogen) atoms. The van der Waals surface area contributed by atoms with E-state index in [2.05, 4.69) is 31.0 Å². The minimum atomic E-state index is -0.641. The molecular weight excluding hydrogens is 328 g/mol. The SMILES string of the molecule is C/C=C1\CN(C)[C@H]2C[C@@]3(C(=O)N(OC)c4ccccc43)[C@@H]3C[C@H]1[C@@H]2CO3. The monoisotopic (exact) mass is 354 g/mol. The van der Waals surface area contributed by atoms with Gasteiger partial charge in [-0.25, -0.2) is 0 Å². The maximum absolute atomic E-state index is 13.6. The van der Waals surface area contributed by atoms with Crippen LogP contribution in [0.1, 0.15) is 25.3 Å². The van der Waals surface area contributed by atoms with Gasteiger partial charge in [-0.1, -0.05) is 29.8 Å². The molecule has 1 saturated carbocycles. The number of hydrogen-bond donors (Lipinski definition) is 0. The van der Waals surface area contributed by atoms with Crippen LogP contribution < -0.4 is 5.06 Å². The quantitative estimate of drug-likeness (QED) is 0.727. The van der Waals surface area contributed by atoms with Crippen molar-refractivity contribution < 1.29 is 14.4 Å². The Kier molecular flexibility index (Phi) is 3.58. The number of nitrogens with zero attached hydrogens (tertiary/aromatic N) is 2. The van der Waals surface area contributed by atoms with Crippen LogP contribution in [-0.2, 0) is 19.8 Å². The summed E-state index contributed by atoms with van der Waals surface area (Å²) in [5.41, 5.74) is 2.80. The van der Waals surface area contributed by atoms with E-state index in [1.165, 1.54) is 10.6 Å². The van der Waals surface area contributed by atoms with Crippen LogP contribution in [0.5, 0.6) is 0 Å². The molecule has 3 saturated heterocycles. The summed E-state index contributed by atoms with van der Waals surface area (Å²) in [6, 6.07) is 8.42. The first-order chi connectivity index (χ1) is 12.6. The van der Waals surface area contributed by atoms with Crippen molar-refractivity contribution in [2.24, 2.45) is 11.8 Å². The predicted molar refractivity (Wildman–Crippen MR) is 98.7 cm³/mol. The maximum Gasteiger partial charge on any atom is 0.264 e. The van der Waals surface area contributed by atoms with Gasteiger partial charge >= 0.3 is 0 Å². The molecule has 0 aromatic heterocycles. The molecule has 1 aromatic rings. The first-order valence-corrected chi connectivity index (χ1v) is 9.57. The van der Waals surface area contributed by atoms with Gasteiger partial charge < -0.3 is 4.74 Å². The normalized spacial score (nSPS) is 40.3. The number of amides is 1. The predicted octanol–water partition coefficient (Wildman–Crippen LogP) is 2.52. The lowest BCUT2D eigenvalue weighted by molar-refractivity contribution is -0.137. The second-order valence-corrected chi connectivity index (χ2v) is 8.15. The van der Waals surface area contributed by atoms with E-state index >= 15 is 0 Å². The minimum Gasteiger partial charge on any atom is -0.376 e. The van der Waals surface area contributed by atoms with Crippen molar-refractivity contribution in [1.82, 2.24) is 4.90 Å². The van der Waals surface area contributed by atoms with Gasteiger partial charge in [-0.15, -0.1) is 0 Å². The lowest BCUT2D eigenvalue weighted by Gasteiger charge is -2.46. The van der Waals surface area contributed by atoms with E-state index in [4.69, 9.17) is 9.57 Å². The fourth-order valence-electron chi connectivity index (χ4n) is 6.01. The minimum absolute atomic E-state index is 0.0369. The highest BCUT2D eigenvalue weighted by Gasteiger charge is 2.63. The number of hydroxylamine groups is 1. The third-order valence-electron chi connectivity index (χ3n) is 7.25. The van der Waals surface area contributed by atoms with Crippen molar-refractivity contribution in [1.29, 1.82) is 0 Å². The molecule has 5 heteroatoms. The van der Waals surface area contributed by atoms with Crippen LogP contribution in [0.3, 0.4) is 0 Å². The fourth-order valence-corrected chi connectivity index (χ4v) is 6.01. The molecule has 4 fully saturated rings. The van der Waals surface area contributed by atoms with Gasteiger partial charge in [0.15, 0.2) is 0 Å². The van der Waals surface area contributed by atoms with Crippen molar-refractivity contribution in [3.63, 3.8) is 0 Å². The Balaban J connectivity index is 1.70. The number of carbonyl (C=O) groups excluding carboxylic acids is 1. The number of carbonyl (C=O) groups is 1. The smallest absolute Gasteiger partial charge is 0.264 e. The topological polar surface area (TPSA) is 42.0 Å². The number of para-hydroxylation sites is 1. The molecule has 1 amide bonds. The van der Waals surface area contributed by atoms with E-state index in [0.29, 0.717) is 17.9 Å². The highest BCUT2D eigenvalue weighted by molar-refractivity contribution is 6.07. The van der Waals surface area contributed by atoms with Crippen LogP contribution in [0, 0.1) is 11.8 Å². The molecule has 0 radical (unpaired) electrons. The zero-order valence-corrected chi connectivity index (χ0v) is 15.6. The highest BCUT2D eigenvalue weighted by Crippen LogP contribution is 2.57. The Bertz CT molecular complexity index is 791. The molecule has 0 N–H and O–H groups in total. The number of likely N-dealkylation sites (tertiary alicyclic amines) is 1. The number of benzene rings is 1. The molecular formula is C21H26N2O3. The number of rotatable bonds is 1. The van der Waals surface area contributed by atoms with E-state index < -0.39 is 5.41 Å². The lowest BCUT2D eigenvalue weighted by atomic mass is 9.72. The zero-order valence-electron chi connectivity index (χ0n) is 15.6. The van der Waals surface area contributed by atoms with Crippen molar-refractivity contribution >= 4 is 11.6 Å². The summed E-state index contributed by atoms with van der Waals surface area (Å²) in [6.07, 6.45) is 3.91. The molecule has 5 atom stereocenters. The first-order valence-electron chi connectivity index (χ1n) is 9.57. The molecule has 1 aliphatic carbocycles.